The van der Waals surface area contributed by atoms with E-state index in [0.717, 1.165) is 36.4 Å². The van der Waals surface area contributed by atoms with Crippen LogP contribution in [-0.4, -0.2) is 41.0 Å². The van der Waals surface area contributed by atoms with Crippen LogP contribution in [0.1, 0.15) is 26.3 Å². The number of ether oxygens (including phenoxy) is 1. The number of carbonyl (C=O) groups excluding carboxylic acids is 2. The summed E-state index contributed by atoms with van der Waals surface area (Å²) in [4.78, 5) is 25.2. The second-order valence-corrected chi connectivity index (χ2v) is 8.55. The summed E-state index contributed by atoms with van der Waals surface area (Å²) < 4.78 is 138. The second kappa shape index (κ2) is 11.5. The number of phenols is 2. The minimum absolute atomic E-state index is 0.246. The van der Waals surface area contributed by atoms with Gasteiger partial charge >= 0.3 is 24.6 Å². The van der Waals surface area contributed by atoms with Crippen LogP contribution in [0.15, 0.2) is 48.5 Å². The van der Waals surface area contributed by atoms with Crippen LogP contribution in [0.4, 0.5) is 55.3 Å². The molecule has 0 spiro atoms. The molecular formula is C24H13ClF10N2O5. The Labute approximate surface area is 232 Å². The molecule has 0 aliphatic heterocycles. The van der Waals surface area contributed by atoms with Crippen molar-refractivity contribution in [2.45, 2.75) is 24.6 Å². The maximum absolute atomic E-state index is 15.1. The molecule has 0 radical (unpaired) electrons. The van der Waals surface area contributed by atoms with Crippen molar-refractivity contribution in [1.82, 2.24) is 0 Å². The van der Waals surface area contributed by atoms with Crippen molar-refractivity contribution in [3.05, 3.63) is 76.1 Å². The van der Waals surface area contributed by atoms with Gasteiger partial charge in [0.1, 0.15) is 17.2 Å². The zero-order valence-electron chi connectivity index (χ0n) is 20.0. The monoisotopic (exact) mass is 634 g/mol. The van der Waals surface area contributed by atoms with Crippen LogP contribution >= 0.6 is 11.6 Å². The van der Waals surface area contributed by atoms with Gasteiger partial charge in [-0.1, -0.05) is 17.7 Å². The summed E-state index contributed by atoms with van der Waals surface area (Å²) in [6.07, 6.45) is -13.4. The van der Waals surface area contributed by atoms with Gasteiger partial charge in [0.25, 0.3) is 11.8 Å². The Hall–Kier alpha value is -4.41. The standard InChI is InChI=1S/C24H13ClF10N2O5/c25-13-8-10(38)4-5-11(13)19(40)36-14-3-1-2-12(17(14)26)20(41)37-18-15(39)6-9(7-16(18)42-21(27)28)22(29,23(30,31)32)24(33,34)35/h1-8,21,38-39H,(H,36,40)(H,37,41). The normalized spacial score (nSPS) is 12.3. The first-order valence-electron chi connectivity index (χ1n) is 10.8. The lowest BCUT2D eigenvalue weighted by molar-refractivity contribution is -0.348. The number of phenolic OH excluding ortho intramolecular Hbond substituents is 2. The molecule has 4 N–H and O–H groups in total. The van der Waals surface area contributed by atoms with Crippen molar-refractivity contribution in [1.29, 1.82) is 0 Å². The first-order chi connectivity index (χ1) is 19.3. The zero-order chi connectivity index (χ0) is 31.8. The van der Waals surface area contributed by atoms with E-state index in [9.17, 15) is 59.3 Å². The highest BCUT2D eigenvalue weighted by molar-refractivity contribution is 6.34. The van der Waals surface area contributed by atoms with Crippen LogP contribution in [0, 0.1) is 5.82 Å². The molecule has 0 heterocycles. The predicted octanol–water partition coefficient (Wildman–Crippen LogP) is 7.29. The Morgan fingerprint density at radius 1 is 0.833 bits per heavy atom. The van der Waals surface area contributed by atoms with Crippen molar-refractivity contribution in [3.63, 3.8) is 0 Å². The van der Waals surface area contributed by atoms with Crippen LogP contribution < -0.4 is 15.4 Å². The first-order valence-corrected chi connectivity index (χ1v) is 11.2. The van der Waals surface area contributed by atoms with Gasteiger partial charge < -0.3 is 25.6 Å². The van der Waals surface area contributed by atoms with Crippen molar-refractivity contribution in [2.24, 2.45) is 0 Å². The number of alkyl halides is 9. The third kappa shape index (κ3) is 6.24. The van der Waals surface area contributed by atoms with Gasteiger partial charge in [-0.05, 0) is 42.5 Å². The highest BCUT2D eigenvalue weighted by atomic mass is 35.5. The second-order valence-electron chi connectivity index (χ2n) is 8.14. The minimum Gasteiger partial charge on any atom is -0.508 e. The SMILES string of the molecule is O=C(Nc1cccc(C(=O)Nc2c(O)cc(C(F)(C(F)(F)F)C(F)(F)F)cc2OC(F)F)c1F)c1ccc(O)cc1Cl. The van der Waals surface area contributed by atoms with E-state index in [2.05, 4.69) is 10.1 Å². The summed E-state index contributed by atoms with van der Waals surface area (Å²) in [6, 6.07) is 4.92. The molecule has 18 heteroatoms. The summed E-state index contributed by atoms with van der Waals surface area (Å²) in [5.41, 5.74) is -11.9. The Bertz CT molecular complexity index is 1510. The van der Waals surface area contributed by atoms with Gasteiger partial charge in [-0.3, -0.25) is 9.59 Å². The third-order valence-electron chi connectivity index (χ3n) is 5.40. The number of halogens is 11. The lowest BCUT2D eigenvalue weighted by Gasteiger charge is -2.31. The third-order valence-corrected chi connectivity index (χ3v) is 5.72. The summed E-state index contributed by atoms with van der Waals surface area (Å²) in [5.74, 6) is -7.98. The van der Waals surface area contributed by atoms with Gasteiger partial charge in [-0.25, -0.2) is 8.78 Å². The fraction of sp³-hybridized carbons (Fsp3) is 0.167. The molecule has 0 aliphatic carbocycles. The minimum atomic E-state index is -6.69. The van der Waals surface area contributed by atoms with E-state index in [1.165, 1.54) is 0 Å². The number of anilines is 2. The van der Waals surface area contributed by atoms with E-state index in [1.54, 1.807) is 5.32 Å². The van der Waals surface area contributed by atoms with E-state index in [1.807, 2.05) is 0 Å². The summed E-state index contributed by atoms with van der Waals surface area (Å²) in [6.45, 7) is -3.97. The molecule has 7 nitrogen and oxygen atoms in total. The molecule has 0 aromatic heterocycles. The molecule has 0 unspecified atom stereocenters. The first kappa shape index (κ1) is 32.1. The Kier molecular flexibility index (Phi) is 8.76. The van der Waals surface area contributed by atoms with Gasteiger partial charge in [-0.15, -0.1) is 0 Å². The van der Waals surface area contributed by atoms with Crippen molar-refractivity contribution < 1.29 is 68.4 Å². The maximum Gasteiger partial charge on any atom is 0.435 e. The topological polar surface area (TPSA) is 108 Å². The highest BCUT2D eigenvalue weighted by Crippen LogP contribution is 2.55. The van der Waals surface area contributed by atoms with E-state index in [-0.39, 0.29) is 16.3 Å². The summed E-state index contributed by atoms with van der Waals surface area (Å²) >= 11 is 5.84. The Morgan fingerprint density at radius 3 is 1.98 bits per heavy atom. The summed E-state index contributed by atoms with van der Waals surface area (Å²) in [7, 11) is 0. The number of hydrogen-bond donors (Lipinski definition) is 4. The van der Waals surface area contributed by atoms with E-state index < -0.39 is 88.4 Å². The van der Waals surface area contributed by atoms with Crippen LogP contribution in [-0.2, 0) is 5.67 Å². The van der Waals surface area contributed by atoms with Crippen molar-refractivity contribution in [3.8, 4) is 17.2 Å². The molecule has 0 saturated carbocycles. The Morgan fingerprint density at radius 2 is 1.43 bits per heavy atom. The van der Waals surface area contributed by atoms with Crippen LogP contribution in [0.25, 0.3) is 0 Å². The molecule has 0 bridgehead atoms. The number of rotatable bonds is 7. The summed E-state index contributed by atoms with van der Waals surface area (Å²) in [5, 5.41) is 22.8. The number of aromatic hydroxyl groups is 2. The average molecular weight is 635 g/mol. The number of amides is 2. The van der Waals surface area contributed by atoms with Crippen LogP contribution in [0.5, 0.6) is 17.2 Å². The van der Waals surface area contributed by atoms with E-state index >= 15 is 4.39 Å². The number of benzene rings is 3. The number of carbonyl (C=O) groups is 2. The molecule has 0 aliphatic rings. The molecule has 42 heavy (non-hydrogen) atoms. The predicted molar refractivity (Wildman–Crippen MR) is 125 cm³/mol. The van der Waals surface area contributed by atoms with Crippen molar-refractivity contribution >= 4 is 34.8 Å². The molecule has 3 aromatic rings. The lowest BCUT2D eigenvalue weighted by atomic mass is 9.93. The smallest absolute Gasteiger partial charge is 0.435 e. The molecule has 226 valence electrons. The maximum atomic E-state index is 15.1. The van der Waals surface area contributed by atoms with Crippen molar-refractivity contribution in [2.75, 3.05) is 10.6 Å². The van der Waals surface area contributed by atoms with E-state index in [4.69, 9.17) is 11.6 Å². The molecule has 3 rings (SSSR count). The van der Waals surface area contributed by atoms with Gasteiger partial charge in [0.2, 0.25) is 0 Å². The highest BCUT2D eigenvalue weighted by Gasteiger charge is 2.73. The number of hydrogen-bond acceptors (Lipinski definition) is 5. The quantitative estimate of drug-likeness (QED) is 0.161. The molecule has 0 fully saturated rings. The van der Waals surface area contributed by atoms with Crippen LogP contribution in [0.3, 0.4) is 0 Å². The van der Waals surface area contributed by atoms with Gasteiger partial charge in [-0.2, -0.15) is 35.1 Å². The molecule has 3 aromatic carbocycles. The fourth-order valence-electron chi connectivity index (χ4n) is 3.46. The zero-order valence-corrected chi connectivity index (χ0v) is 20.7. The molecule has 0 saturated heterocycles. The molecule has 2 amide bonds. The lowest BCUT2D eigenvalue weighted by Crippen LogP contribution is -2.50. The van der Waals surface area contributed by atoms with Gasteiger partial charge in [0, 0.05) is 5.56 Å². The Balaban J connectivity index is 2.01. The largest absolute Gasteiger partial charge is 0.508 e. The van der Waals surface area contributed by atoms with Gasteiger partial charge in [0.05, 0.1) is 21.8 Å². The molecule has 0 atom stereocenters. The molecular weight excluding hydrogens is 622 g/mol. The fourth-order valence-corrected chi connectivity index (χ4v) is 3.73. The average Bonchev–Trinajstić information content (AvgIpc) is 2.84. The van der Waals surface area contributed by atoms with E-state index in [0.29, 0.717) is 0 Å². The van der Waals surface area contributed by atoms with Gasteiger partial charge in [0.15, 0.2) is 11.6 Å². The van der Waals surface area contributed by atoms with Crippen LogP contribution in [0.2, 0.25) is 5.02 Å². The number of nitrogens with one attached hydrogen (secondary N) is 2.